The van der Waals surface area contributed by atoms with Crippen LogP contribution in [-0.2, 0) is 30.4 Å². The molecule has 0 radical (unpaired) electrons. The second kappa shape index (κ2) is 7.33. The van der Waals surface area contributed by atoms with Crippen LogP contribution in [0.3, 0.4) is 0 Å². The number of anilines is 1. The van der Waals surface area contributed by atoms with Gasteiger partial charge in [0.1, 0.15) is 0 Å². The smallest absolute Gasteiger partial charge is 0.302 e. The second-order valence-electron chi connectivity index (χ2n) is 7.58. The highest BCUT2D eigenvalue weighted by Gasteiger charge is 2.42. The number of amides is 1. The third-order valence-electron chi connectivity index (χ3n) is 5.15. The van der Waals surface area contributed by atoms with E-state index in [9.17, 15) is 18.0 Å². The van der Waals surface area contributed by atoms with E-state index in [4.69, 9.17) is 11.6 Å². The molecule has 1 N–H and O–H groups in total. The maximum atomic E-state index is 13.1. The molecule has 152 valence electrons. The van der Waals surface area contributed by atoms with Gasteiger partial charge in [0.25, 0.3) is 0 Å². The summed E-state index contributed by atoms with van der Waals surface area (Å²) in [5, 5.41) is 6.64. The van der Waals surface area contributed by atoms with Gasteiger partial charge in [-0.1, -0.05) is 18.5 Å². The number of nitrogens with zero attached hydrogens (tertiary/aromatic N) is 3. The molecule has 4 rings (SSSR count). The van der Waals surface area contributed by atoms with Crippen LogP contribution in [0.25, 0.3) is 0 Å². The van der Waals surface area contributed by atoms with Crippen LogP contribution >= 0.6 is 22.9 Å². The van der Waals surface area contributed by atoms with E-state index >= 15 is 0 Å². The van der Waals surface area contributed by atoms with Gasteiger partial charge >= 0.3 is 6.18 Å². The average molecular weight is 433 g/mol. The topological polar surface area (TPSA) is 59.8 Å². The first-order chi connectivity index (χ1) is 13.2. The molecule has 1 fully saturated rings. The second-order valence-corrected chi connectivity index (χ2v) is 9.04. The average Bonchev–Trinajstić information content (AvgIpc) is 3.26. The van der Waals surface area contributed by atoms with E-state index in [-0.39, 0.29) is 29.8 Å². The number of hydrogen-bond acceptors (Lipinski definition) is 4. The van der Waals surface area contributed by atoms with Gasteiger partial charge in [0, 0.05) is 17.2 Å². The summed E-state index contributed by atoms with van der Waals surface area (Å²) in [7, 11) is 0. The van der Waals surface area contributed by atoms with Crippen molar-refractivity contribution in [1.82, 2.24) is 14.8 Å². The van der Waals surface area contributed by atoms with Gasteiger partial charge in [-0.3, -0.25) is 9.48 Å². The van der Waals surface area contributed by atoms with Crippen LogP contribution in [-0.4, -0.2) is 20.7 Å². The zero-order valence-electron chi connectivity index (χ0n) is 15.3. The number of fused-ring (bicyclic) bond motifs is 1. The van der Waals surface area contributed by atoms with Gasteiger partial charge in [-0.05, 0) is 38.0 Å². The number of hydrogen-bond donors (Lipinski definition) is 1. The Morgan fingerprint density at radius 2 is 2.11 bits per heavy atom. The summed E-state index contributed by atoms with van der Waals surface area (Å²) in [6.07, 6.45) is -0.0358. The first kappa shape index (κ1) is 19.7. The molecular formula is C18H20ClF3N4OS. The largest absolute Gasteiger partial charge is 0.436 e. The number of aromatic nitrogens is 3. The quantitative estimate of drug-likeness (QED) is 0.719. The number of halogens is 4. The minimum atomic E-state index is -4.61. The molecule has 2 aliphatic rings. The summed E-state index contributed by atoms with van der Waals surface area (Å²) < 4.78 is 40.6. The van der Waals surface area contributed by atoms with Crippen molar-refractivity contribution in [2.24, 2.45) is 5.92 Å². The fourth-order valence-electron chi connectivity index (χ4n) is 3.53. The highest BCUT2D eigenvalue weighted by molar-refractivity contribution is 7.15. The van der Waals surface area contributed by atoms with Crippen LogP contribution in [0.15, 0.2) is 0 Å². The molecule has 0 aliphatic heterocycles. The van der Waals surface area contributed by atoms with Crippen molar-refractivity contribution in [3.8, 4) is 0 Å². The lowest BCUT2D eigenvalue weighted by atomic mass is 9.93. The maximum Gasteiger partial charge on any atom is 0.436 e. The van der Waals surface area contributed by atoms with Crippen molar-refractivity contribution in [2.45, 2.75) is 64.1 Å². The van der Waals surface area contributed by atoms with Crippen molar-refractivity contribution in [3.05, 3.63) is 27.0 Å². The fraction of sp³-hybridized carbons (Fsp3) is 0.611. The third kappa shape index (κ3) is 4.05. The van der Waals surface area contributed by atoms with Crippen molar-refractivity contribution in [2.75, 3.05) is 5.32 Å². The van der Waals surface area contributed by atoms with Crippen molar-refractivity contribution in [1.29, 1.82) is 0 Å². The molecule has 0 bridgehead atoms. The van der Waals surface area contributed by atoms with Crippen LogP contribution in [0.2, 0.25) is 5.02 Å². The number of alkyl halides is 3. The number of aryl methyl sites for hydroxylation is 2. The lowest BCUT2D eigenvalue weighted by Crippen LogP contribution is -2.16. The molecule has 1 saturated carbocycles. The number of thiazole rings is 1. The lowest BCUT2D eigenvalue weighted by Gasteiger charge is -2.15. The number of rotatable bonds is 5. The van der Waals surface area contributed by atoms with Gasteiger partial charge in [0.15, 0.2) is 10.8 Å². The van der Waals surface area contributed by atoms with Crippen molar-refractivity contribution in [3.63, 3.8) is 0 Å². The molecule has 0 aromatic carbocycles. The molecule has 2 heterocycles. The van der Waals surface area contributed by atoms with Gasteiger partial charge in [0.05, 0.1) is 23.0 Å². The Morgan fingerprint density at radius 1 is 1.36 bits per heavy atom. The molecule has 2 aliphatic carbocycles. The summed E-state index contributed by atoms with van der Waals surface area (Å²) in [6.45, 7) is 2.25. The molecule has 10 heteroatoms. The van der Waals surface area contributed by atoms with Gasteiger partial charge in [0.2, 0.25) is 5.91 Å². The SMILES string of the molecule is C[C@H]1CCc2nc(NC(=O)CCn3nc(C(F)(F)F)c(Cl)c3C3CC3)sc2C1. The van der Waals surface area contributed by atoms with Crippen LogP contribution < -0.4 is 5.32 Å². The number of carbonyl (C=O) groups excluding carboxylic acids is 1. The van der Waals surface area contributed by atoms with Gasteiger partial charge in [-0.25, -0.2) is 4.98 Å². The molecule has 2 aromatic heterocycles. The minimum Gasteiger partial charge on any atom is -0.302 e. The Hall–Kier alpha value is -1.61. The molecule has 0 unspecified atom stereocenters. The third-order valence-corrected chi connectivity index (χ3v) is 6.56. The van der Waals surface area contributed by atoms with Crippen LogP contribution in [0.1, 0.15) is 60.5 Å². The monoisotopic (exact) mass is 432 g/mol. The van der Waals surface area contributed by atoms with E-state index < -0.39 is 11.9 Å². The summed E-state index contributed by atoms with van der Waals surface area (Å²) in [5.74, 6) is 0.317. The highest BCUT2D eigenvalue weighted by Crippen LogP contribution is 2.47. The van der Waals surface area contributed by atoms with Gasteiger partial charge in [-0.2, -0.15) is 18.3 Å². The lowest BCUT2D eigenvalue weighted by molar-refractivity contribution is -0.141. The Bertz CT molecular complexity index is 904. The first-order valence-electron chi connectivity index (χ1n) is 9.34. The van der Waals surface area contributed by atoms with Crippen LogP contribution in [0.4, 0.5) is 18.3 Å². The standard InChI is InChI=1S/C18H20ClF3N4OS/c1-9-2-5-11-12(8-9)28-17(23-11)24-13(27)6-7-26-15(10-3-4-10)14(19)16(25-26)18(20,21)22/h9-10H,2-8H2,1H3,(H,23,24,27)/t9-/m0/s1. The first-order valence-corrected chi connectivity index (χ1v) is 10.5. The highest BCUT2D eigenvalue weighted by atomic mass is 35.5. The van der Waals surface area contributed by atoms with E-state index in [1.807, 2.05) is 0 Å². The molecule has 1 amide bonds. The van der Waals surface area contributed by atoms with Crippen molar-refractivity contribution >= 4 is 34.0 Å². The van der Waals surface area contributed by atoms with E-state index in [1.54, 1.807) is 0 Å². The Kier molecular flexibility index (Phi) is 5.16. The molecule has 0 saturated heterocycles. The predicted octanol–water partition coefficient (Wildman–Crippen LogP) is 5.04. The molecule has 0 spiro atoms. The van der Waals surface area contributed by atoms with E-state index in [1.165, 1.54) is 20.9 Å². The van der Waals surface area contributed by atoms with E-state index in [0.717, 1.165) is 37.8 Å². The Labute approximate surface area is 169 Å². The minimum absolute atomic E-state index is 0.00756. The number of nitrogens with one attached hydrogen (secondary N) is 1. The normalized spacial score (nSPS) is 19.5. The summed E-state index contributed by atoms with van der Waals surface area (Å²) in [6, 6.07) is 0. The van der Waals surface area contributed by atoms with Crippen molar-refractivity contribution < 1.29 is 18.0 Å². The molecule has 1 atom stereocenters. The predicted molar refractivity (Wildman–Crippen MR) is 101 cm³/mol. The van der Waals surface area contributed by atoms with Crippen LogP contribution in [0, 0.1) is 5.92 Å². The molecular weight excluding hydrogens is 413 g/mol. The fourth-order valence-corrected chi connectivity index (χ4v) is 5.12. The summed E-state index contributed by atoms with van der Waals surface area (Å²) in [4.78, 5) is 18.0. The van der Waals surface area contributed by atoms with E-state index in [2.05, 4.69) is 22.3 Å². The Morgan fingerprint density at radius 3 is 2.79 bits per heavy atom. The number of carbonyl (C=O) groups is 1. The van der Waals surface area contributed by atoms with E-state index in [0.29, 0.717) is 16.7 Å². The molecule has 28 heavy (non-hydrogen) atoms. The van der Waals surface area contributed by atoms with Gasteiger partial charge < -0.3 is 5.32 Å². The molecule has 2 aromatic rings. The summed E-state index contributed by atoms with van der Waals surface area (Å²) >= 11 is 7.43. The Balaban J connectivity index is 1.43. The summed E-state index contributed by atoms with van der Waals surface area (Å²) in [5.41, 5.74) is 0.363. The molecule has 5 nitrogen and oxygen atoms in total. The zero-order chi connectivity index (χ0) is 20.1. The van der Waals surface area contributed by atoms with Crippen LogP contribution in [0.5, 0.6) is 0 Å². The zero-order valence-corrected chi connectivity index (χ0v) is 16.8. The maximum absolute atomic E-state index is 13.1. The van der Waals surface area contributed by atoms with Gasteiger partial charge in [-0.15, -0.1) is 11.3 Å².